The molecule has 0 saturated heterocycles. The molecule has 0 aromatic carbocycles. The van der Waals surface area contributed by atoms with Gasteiger partial charge in [-0.1, -0.05) is 0 Å². The summed E-state index contributed by atoms with van der Waals surface area (Å²) in [6, 6.07) is 0. The molecule has 0 heterocycles. The van der Waals surface area contributed by atoms with Crippen molar-refractivity contribution in [3.05, 3.63) is 0 Å². The van der Waals surface area contributed by atoms with Gasteiger partial charge in [-0.05, 0) is 13.8 Å². The van der Waals surface area contributed by atoms with E-state index in [4.69, 9.17) is 28.4 Å². The molecule has 2 unspecified atom stereocenters. The molecule has 9 heteroatoms. The minimum atomic E-state index is -0.982. The van der Waals surface area contributed by atoms with Crippen LogP contribution in [-0.2, 0) is 28.4 Å². The second kappa shape index (κ2) is 7.62. The highest BCUT2D eigenvalue weighted by Gasteiger charge is 2.55. The van der Waals surface area contributed by atoms with Crippen molar-refractivity contribution >= 4 is 20.5 Å². The summed E-state index contributed by atoms with van der Waals surface area (Å²) >= 11 is 0. The largest absolute Gasteiger partial charge is 0.363 e. The molecule has 7 nitrogen and oxygen atoms in total. The van der Waals surface area contributed by atoms with Gasteiger partial charge in [-0.3, -0.25) is 5.32 Å². The van der Waals surface area contributed by atoms with Crippen molar-refractivity contribution in [1.29, 1.82) is 0 Å². The van der Waals surface area contributed by atoms with Crippen LogP contribution in [0, 0.1) is 0 Å². The molecule has 0 bridgehead atoms. The minimum absolute atomic E-state index is 0.568. The molecule has 0 saturated carbocycles. The van der Waals surface area contributed by atoms with E-state index in [0.29, 0.717) is 20.5 Å². The third-order valence-corrected chi connectivity index (χ3v) is 7.72. The fourth-order valence-corrected chi connectivity index (χ4v) is 4.37. The van der Waals surface area contributed by atoms with Gasteiger partial charge in [-0.25, -0.2) is 0 Å². The predicted molar refractivity (Wildman–Crippen MR) is 87.3 cm³/mol. The number of methoxy groups -OCH3 is 6. The van der Waals surface area contributed by atoms with Gasteiger partial charge in [0.25, 0.3) is 0 Å². The molecule has 0 aliphatic rings. The Labute approximate surface area is 133 Å². The lowest BCUT2D eigenvalue weighted by Gasteiger charge is -2.52. The fourth-order valence-electron chi connectivity index (χ4n) is 2.10. The van der Waals surface area contributed by atoms with Crippen LogP contribution in [0.2, 0.25) is 0 Å². The summed E-state index contributed by atoms with van der Waals surface area (Å²) in [4.78, 5) is 0. The molecule has 0 amide bonds. The average Bonchev–Trinajstić information content (AvgIpc) is 2.52. The molecule has 0 aromatic rings. The van der Waals surface area contributed by atoms with Gasteiger partial charge in [0, 0.05) is 42.7 Å². The maximum Gasteiger partial charge on any atom is 0.203 e. The average molecular weight is 342 g/mol. The van der Waals surface area contributed by atoms with Crippen molar-refractivity contribution in [2.45, 2.75) is 36.1 Å². The van der Waals surface area contributed by atoms with Crippen LogP contribution in [0.3, 0.4) is 0 Å². The van der Waals surface area contributed by atoms with Crippen molar-refractivity contribution in [3.8, 4) is 0 Å². The Hall–Kier alpha value is 0.154. The van der Waals surface area contributed by atoms with Crippen LogP contribution in [0.15, 0.2) is 0 Å². The zero-order chi connectivity index (χ0) is 16.9. The van der Waals surface area contributed by atoms with E-state index in [1.807, 2.05) is 13.8 Å². The van der Waals surface area contributed by atoms with Crippen LogP contribution >= 0.6 is 0 Å². The topological polar surface area (TPSA) is 67.4 Å². The summed E-state index contributed by atoms with van der Waals surface area (Å²) in [7, 11) is 10.6. The highest BCUT2D eigenvalue weighted by atomic mass is 28.2. The Morgan fingerprint density at radius 1 is 0.571 bits per heavy atom. The number of rotatable bonds is 10. The molecule has 0 fully saturated rings. The molecule has 128 valence electrons. The normalized spacial score (nSPS) is 19.4. The van der Waals surface area contributed by atoms with Gasteiger partial charge >= 0.3 is 0 Å². The van der Waals surface area contributed by atoms with Crippen molar-refractivity contribution < 1.29 is 28.4 Å². The maximum atomic E-state index is 5.70. The second-order valence-electron chi connectivity index (χ2n) is 5.31. The van der Waals surface area contributed by atoms with Gasteiger partial charge in [0.2, 0.25) is 11.6 Å². The first kappa shape index (κ1) is 21.2. The number of hydrogen-bond donors (Lipinski definition) is 1. The number of nitrogens with one attached hydrogen (secondary N) is 1. The maximum absolute atomic E-state index is 5.70. The van der Waals surface area contributed by atoms with Crippen LogP contribution in [0.4, 0.5) is 0 Å². The number of ether oxygens (including phenoxy) is 6. The third-order valence-electron chi connectivity index (χ3n) is 4.58. The number of hydrogen-bond acceptors (Lipinski definition) is 7. The summed E-state index contributed by atoms with van der Waals surface area (Å²) in [6.45, 7) is 3.62. The fraction of sp³-hybridized carbons (Fsp3) is 1.00. The molecule has 0 spiro atoms. The Balaban J connectivity index is 5.71. The van der Waals surface area contributed by atoms with E-state index in [1.165, 1.54) is 0 Å². The zero-order valence-corrected chi connectivity index (χ0v) is 18.9. The molecule has 0 radical (unpaired) electrons. The monoisotopic (exact) mass is 341 g/mol. The third kappa shape index (κ3) is 3.74. The van der Waals surface area contributed by atoms with Gasteiger partial charge in [-0.2, -0.15) is 0 Å². The van der Waals surface area contributed by atoms with E-state index < -0.39 is 22.3 Å². The standard InChI is InChI=1S/C12H31NO6Si2/c1-9(14-3,15-4)11(20,18-7)13-12(21,19-8)10(2,16-5)17-6/h13H,1-8,20-21H3. The summed E-state index contributed by atoms with van der Waals surface area (Å²) < 4.78 is 33.5. The first-order chi connectivity index (χ1) is 9.57. The first-order valence-electron chi connectivity index (χ1n) is 6.67. The van der Waals surface area contributed by atoms with E-state index >= 15 is 0 Å². The highest BCUT2D eigenvalue weighted by molar-refractivity contribution is 6.18. The molecule has 1 N–H and O–H groups in total. The molecule has 0 rings (SSSR count). The van der Waals surface area contributed by atoms with Crippen molar-refractivity contribution in [1.82, 2.24) is 5.32 Å². The SMILES string of the molecule is COC([SiH3])(NC([SiH3])(OC)C(C)(OC)OC)C(C)(OC)OC. The summed E-state index contributed by atoms with van der Waals surface area (Å²) in [6.07, 6.45) is 0. The lowest BCUT2D eigenvalue weighted by Crippen LogP contribution is -2.77. The van der Waals surface area contributed by atoms with Crippen LogP contribution in [0.1, 0.15) is 13.8 Å². The van der Waals surface area contributed by atoms with E-state index in [0.717, 1.165) is 0 Å². The summed E-state index contributed by atoms with van der Waals surface area (Å²) in [5, 5.41) is 1.63. The molecular weight excluding hydrogens is 310 g/mol. The molecule has 0 aliphatic heterocycles. The van der Waals surface area contributed by atoms with E-state index in [9.17, 15) is 0 Å². The summed E-state index contributed by atoms with van der Waals surface area (Å²) in [5.41, 5.74) is 0. The minimum Gasteiger partial charge on any atom is -0.363 e. The van der Waals surface area contributed by atoms with Gasteiger partial charge < -0.3 is 28.4 Å². The summed E-state index contributed by atoms with van der Waals surface area (Å²) in [5.74, 6) is -1.96. The molecule has 21 heavy (non-hydrogen) atoms. The zero-order valence-electron chi connectivity index (χ0n) is 14.9. The van der Waals surface area contributed by atoms with Gasteiger partial charge in [-0.15, -0.1) is 0 Å². The molecule has 0 aromatic heterocycles. The van der Waals surface area contributed by atoms with E-state index in [-0.39, 0.29) is 0 Å². The predicted octanol–water partition coefficient (Wildman–Crippen LogP) is -2.07. The van der Waals surface area contributed by atoms with E-state index in [2.05, 4.69) is 5.32 Å². The van der Waals surface area contributed by atoms with E-state index in [1.54, 1.807) is 42.7 Å². The Bertz CT molecular complexity index is 297. The lowest BCUT2D eigenvalue weighted by atomic mass is 10.2. The van der Waals surface area contributed by atoms with Crippen LogP contribution < -0.4 is 5.32 Å². The molecular formula is C12H31NO6Si2. The second-order valence-corrected chi connectivity index (χ2v) is 8.12. The van der Waals surface area contributed by atoms with Gasteiger partial charge in [0.1, 0.15) is 10.7 Å². The van der Waals surface area contributed by atoms with Crippen LogP contribution in [0.25, 0.3) is 0 Å². The van der Waals surface area contributed by atoms with Crippen molar-refractivity contribution in [2.75, 3.05) is 42.7 Å². The van der Waals surface area contributed by atoms with Crippen LogP contribution in [0.5, 0.6) is 0 Å². The Morgan fingerprint density at radius 3 is 0.952 bits per heavy atom. The van der Waals surface area contributed by atoms with Crippen molar-refractivity contribution in [2.24, 2.45) is 0 Å². The molecule has 2 atom stereocenters. The quantitative estimate of drug-likeness (QED) is 0.361. The van der Waals surface area contributed by atoms with Crippen molar-refractivity contribution in [3.63, 3.8) is 0 Å². The van der Waals surface area contributed by atoms with Crippen LogP contribution in [-0.4, -0.2) is 85.4 Å². The Morgan fingerprint density at radius 2 is 0.810 bits per heavy atom. The Kier molecular flexibility index (Phi) is 7.67. The first-order valence-corrected chi connectivity index (χ1v) is 8.67. The van der Waals surface area contributed by atoms with Gasteiger partial charge in [0.05, 0.1) is 20.5 Å². The lowest BCUT2D eigenvalue weighted by molar-refractivity contribution is -0.323. The smallest absolute Gasteiger partial charge is 0.203 e. The molecule has 0 aliphatic carbocycles. The highest BCUT2D eigenvalue weighted by Crippen LogP contribution is 2.32. The van der Waals surface area contributed by atoms with Gasteiger partial charge in [0.15, 0.2) is 0 Å².